The molecule has 0 aliphatic carbocycles. The van der Waals surface area contributed by atoms with Gasteiger partial charge < -0.3 is 9.67 Å². The van der Waals surface area contributed by atoms with Gasteiger partial charge in [-0.1, -0.05) is 0 Å². The number of hydrogen-bond acceptors (Lipinski definition) is 3. The molecular weight excluding hydrogens is 266 g/mol. The average molecular weight is 272 g/mol. The zero-order valence-electron chi connectivity index (χ0n) is 7.40. The summed E-state index contributed by atoms with van der Waals surface area (Å²) in [5, 5.41) is 15.0. The number of fused-ring (bicyclic) bond motifs is 1. The molecule has 2 rings (SSSR count). The Balaban J connectivity index is 2.73. The first-order valence-electron chi connectivity index (χ1n) is 4.03. The topological polar surface area (TPSA) is 88.0 Å². The number of aromatic nitrogens is 3. The van der Waals surface area contributed by atoms with E-state index in [-0.39, 0.29) is 12.1 Å². The van der Waals surface area contributed by atoms with E-state index >= 15 is 0 Å². The van der Waals surface area contributed by atoms with Crippen LogP contribution in [0, 0.1) is 0 Å². The largest absolute Gasteiger partial charge is 0.480 e. The lowest BCUT2D eigenvalue weighted by Gasteiger charge is -1.98. The highest BCUT2D eigenvalue weighted by atomic mass is 79.9. The normalized spacial score (nSPS) is 10.7. The van der Waals surface area contributed by atoms with Crippen LogP contribution >= 0.6 is 15.9 Å². The first-order valence-corrected chi connectivity index (χ1v) is 4.82. The second kappa shape index (κ2) is 3.50. The predicted octanol–water partition coefficient (Wildman–Crippen LogP) is 0.572. The Kier molecular flexibility index (Phi) is 2.31. The smallest absolute Gasteiger partial charge is 0.323 e. The van der Waals surface area contributed by atoms with Crippen molar-refractivity contribution in [1.82, 2.24) is 14.8 Å². The van der Waals surface area contributed by atoms with E-state index in [1.807, 2.05) is 0 Å². The molecule has 0 atom stereocenters. The Labute approximate surface area is 91.7 Å². The number of halogens is 1. The lowest BCUT2D eigenvalue weighted by molar-refractivity contribution is -0.137. The van der Waals surface area contributed by atoms with Crippen molar-refractivity contribution in [2.75, 3.05) is 0 Å². The minimum absolute atomic E-state index is 0.201. The molecule has 0 spiro atoms. The lowest BCUT2D eigenvalue weighted by atomic mass is 10.4. The Morgan fingerprint density at radius 2 is 2.40 bits per heavy atom. The summed E-state index contributed by atoms with van der Waals surface area (Å²) in [7, 11) is 0. The number of rotatable bonds is 2. The number of carboxylic acid groups (broad SMARTS) is 1. The van der Waals surface area contributed by atoms with E-state index in [0.717, 1.165) is 0 Å². The van der Waals surface area contributed by atoms with Crippen molar-refractivity contribution < 1.29 is 9.90 Å². The van der Waals surface area contributed by atoms with Crippen molar-refractivity contribution >= 4 is 32.8 Å². The molecule has 0 aromatic carbocycles. The standard InChI is InChI=1S/C8H6BrN3O3/c9-4-2-12(3-6(13)14)5-1-10-11-8(15)7(4)5/h1-2H,3H2,(H,11,15)(H,13,14). The maximum atomic E-state index is 11.4. The molecule has 7 heteroatoms. The first kappa shape index (κ1) is 9.91. The Bertz CT molecular complexity index is 586. The van der Waals surface area contributed by atoms with E-state index in [1.165, 1.54) is 10.8 Å². The van der Waals surface area contributed by atoms with Gasteiger partial charge in [-0.05, 0) is 15.9 Å². The first-order chi connectivity index (χ1) is 7.09. The summed E-state index contributed by atoms with van der Waals surface area (Å²) < 4.78 is 2.01. The van der Waals surface area contributed by atoms with Crippen LogP contribution in [0.4, 0.5) is 0 Å². The fourth-order valence-electron chi connectivity index (χ4n) is 1.38. The number of nitrogens with zero attached hydrogens (tertiary/aromatic N) is 2. The van der Waals surface area contributed by atoms with Crippen LogP contribution < -0.4 is 5.56 Å². The Morgan fingerprint density at radius 1 is 1.67 bits per heavy atom. The molecule has 2 heterocycles. The van der Waals surface area contributed by atoms with Crippen molar-refractivity contribution in [2.45, 2.75) is 6.54 Å². The van der Waals surface area contributed by atoms with Crippen molar-refractivity contribution in [1.29, 1.82) is 0 Å². The van der Waals surface area contributed by atoms with Crippen LogP contribution in [0.5, 0.6) is 0 Å². The number of aliphatic carboxylic acids is 1. The molecule has 2 aromatic heterocycles. The zero-order chi connectivity index (χ0) is 11.0. The summed E-state index contributed by atoms with van der Waals surface area (Å²) in [5.41, 5.74) is 0.150. The van der Waals surface area contributed by atoms with Crippen LogP contribution in [0.15, 0.2) is 21.7 Å². The van der Waals surface area contributed by atoms with Gasteiger partial charge in [-0.2, -0.15) is 5.10 Å². The second-order valence-corrected chi connectivity index (χ2v) is 3.81. The molecular formula is C8H6BrN3O3. The van der Waals surface area contributed by atoms with Gasteiger partial charge >= 0.3 is 5.97 Å². The fraction of sp³-hybridized carbons (Fsp3) is 0.125. The third kappa shape index (κ3) is 1.65. The monoisotopic (exact) mass is 271 g/mol. The molecule has 6 nitrogen and oxygen atoms in total. The summed E-state index contributed by atoms with van der Waals surface area (Å²) in [4.78, 5) is 22.0. The van der Waals surface area contributed by atoms with Gasteiger partial charge in [0.15, 0.2) is 0 Å². The molecule has 0 amide bonds. The molecule has 0 radical (unpaired) electrons. The van der Waals surface area contributed by atoms with Gasteiger partial charge in [0.2, 0.25) is 0 Å². The number of aromatic amines is 1. The van der Waals surface area contributed by atoms with Gasteiger partial charge in [-0.15, -0.1) is 0 Å². The van der Waals surface area contributed by atoms with E-state index in [1.54, 1.807) is 6.20 Å². The van der Waals surface area contributed by atoms with Crippen molar-refractivity contribution in [3.63, 3.8) is 0 Å². The second-order valence-electron chi connectivity index (χ2n) is 2.96. The van der Waals surface area contributed by atoms with E-state index in [2.05, 4.69) is 26.1 Å². The summed E-state index contributed by atoms with van der Waals surface area (Å²) in [6, 6.07) is 0. The number of nitrogens with one attached hydrogen (secondary N) is 1. The molecule has 0 unspecified atom stereocenters. The van der Waals surface area contributed by atoms with Crippen molar-refractivity contribution in [2.24, 2.45) is 0 Å². The van der Waals surface area contributed by atoms with Gasteiger partial charge in [0, 0.05) is 10.7 Å². The summed E-state index contributed by atoms with van der Waals surface area (Å²) in [5.74, 6) is -0.973. The summed E-state index contributed by atoms with van der Waals surface area (Å²) in [6.45, 7) is -0.201. The number of carboxylic acids is 1. The highest BCUT2D eigenvalue weighted by Gasteiger charge is 2.11. The maximum absolute atomic E-state index is 11.4. The third-order valence-corrected chi connectivity index (χ3v) is 2.56. The molecule has 15 heavy (non-hydrogen) atoms. The highest BCUT2D eigenvalue weighted by molar-refractivity contribution is 9.10. The van der Waals surface area contributed by atoms with Crippen LogP contribution in [0.3, 0.4) is 0 Å². The maximum Gasteiger partial charge on any atom is 0.323 e. The minimum Gasteiger partial charge on any atom is -0.480 e. The molecule has 0 aliphatic heterocycles. The van der Waals surface area contributed by atoms with E-state index in [4.69, 9.17) is 5.11 Å². The van der Waals surface area contributed by atoms with Crippen LogP contribution in [-0.4, -0.2) is 25.8 Å². The Morgan fingerprint density at radius 3 is 3.07 bits per heavy atom. The molecule has 0 saturated carbocycles. The van der Waals surface area contributed by atoms with Crippen LogP contribution in [-0.2, 0) is 11.3 Å². The molecule has 0 saturated heterocycles. The molecule has 2 N–H and O–H groups in total. The van der Waals surface area contributed by atoms with Crippen molar-refractivity contribution in [3.05, 3.63) is 27.2 Å². The molecule has 78 valence electrons. The molecule has 2 aromatic rings. The number of hydrogen-bond donors (Lipinski definition) is 2. The average Bonchev–Trinajstić information content (AvgIpc) is 2.44. The zero-order valence-corrected chi connectivity index (χ0v) is 8.98. The Hall–Kier alpha value is -1.63. The third-order valence-electron chi connectivity index (χ3n) is 1.96. The summed E-state index contributed by atoms with van der Waals surface area (Å²) in [6.07, 6.45) is 2.97. The van der Waals surface area contributed by atoms with E-state index < -0.39 is 5.97 Å². The van der Waals surface area contributed by atoms with E-state index in [0.29, 0.717) is 15.4 Å². The van der Waals surface area contributed by atoms with Gasteiger partial charge in [-0.25, -0.2) is 5.10 Å². The summed E-state index contributed by atoms with van der Waals surface area (Å²) >= 11 is 3.20. The quantitative estimate of drug-likeness (QED) is 0.836. The van der Waals surface area contributed by atoms with Crippen LogP contribution in [0.1, 0.15) is 0 Å². The minimum atomic E-state index is -0.973. The van der Waals surface area contributed by atoms with Gasteiger partial charge in [-0.3, -0.25) is 9.59 Å². The van der Waals surface area contributed by atoms with Crippen molar-refractivity contribution in [3.8, 4) is 0 Å². The highest BCUT2D eigenvalue weighted by Crippen LogP contribution is 2.21. The molecule has 0 fully saturated rings. The van der Waals surface area contributed by atoms with Crippen LogP contribution in [0.2, 0.25) is 0 Å². The lowest BCUT2D eigenvalue weighted by Crippen LogP contribution is -2.10. The van der Waals surface area contributed by atoms with Gasteiger partial charge in [0.1, 0.15) is 6.54 Å². The van der Waals surface area contributed by atoms with Gasteiger partial charge in [0.25, 0.3) is 5.56 Å². The number of H-pyrrole nitrogens is 1. The predicted molar refractivity (Wildman–Crippen MR) is 55.7 cm³/mol. The van der Waals surface area contributed by atoms with Gasteiger partial charge in [0.05, 0.1) is 17.1 Å². The number of carbonyl (C=O) groups is 1. The van der Waals surface area contributed by atoms with Crippen LogP contribution in [0.25, 0.3) is 10.9 Å². The SMILES string of the molecule is O=C(O)Cn1cc(Br)c2c(=O)[nH]ncc21. The van der Waals surface area contributed by atoms with E-state index in [9.17, 15) is 9.59 Å². The molecule has 0 bridgehead atoms. The molecule has 0 aliphatic rings. The fourth-order valence-corrected chi connectivity index (χ4v) is 2.02.